The number of halogens is 1. The molecule has 0 aliphatic carbocycles. The minimum absolute atomic E-state index is 0.0678. The van der Waals surface area contributed by atoms with E-state index in [0.717, 1.165) is 0 Å². The number of aliphatic imine (C=N–C) groups is 2. The summed E-state index contributed by atoms with van der Waals surface area (Å²) in [6, 6.07) is 2.64. The highest BCUT2D eigenvalue weighted by Crippen LogP contribution is 2.03. The third-order valence-corrected chi connectivity index (χ3v) is 1.12. The van der Waals surface area contributed by atoms with E-state index in [9.17, 15) is 0 Å². The lowest BCUT2D eigenvalue weighted by molar-refractivity contribution is 0.587. The summed E-state index contributed by atoms with van der Waals surface area (Å²) < 4.78 is 0. The zero-order valence-corrected chi connectivity index (χ0v) is 8.72. The standard InChI is InChI=1S/C8H13BrN2/c1-8(2,3)11-7-10-6-4-5-9/h4-5H,6H2,1-3H3. The summed E-state index contributed by atoms with van der Waals surface area (Å²) in [4.78, 5) is 9.75. The van der Waals surface area contributed by atoms with Crippen LogP contribution in [0, 0.1) is 0 Å². The van der Waals surface area contributed by atoms with Gasteiger partial charge in [0.15, 0.2) is 0 Å². The van der Waals surface area contributed by atoms with E-state index < -0.39 is 0 Å². The van der Waals surface area contributed by atoms with Crippen molar-refractivity contribution in [1.82, 2.24) is 0 Å². The molecular weight excluding hydrogens is 204 g/mol. The molecule has 0 heterocycles. The van der Waals surface area contributed by atoms with E-state index >= 15 is 0 Å². The van der Waals surface area contributed by atoms with Gasteiger partial charge in [0.2, 0.25) is 0 Å². The molecule has 0 bridgehead atoms. The van der Waals surface area contributed by atoms with E-state index in [1.165, 1.54) is 0 Å². The average Bonchev–Trinajstić information content (AvgIpc) is 1.85. The van der Waals surface area contributed by atoms with Gasteiger partial charge in [-0.15, -0.1) is 0 Å². The maximum Gasteiger partial charge on any atom is 0.0901 e. The number of hydrogen-bond acceptors (Lipinski definition) is 2. The zero-order valence-electron chi connectivity index (χ0n) is 7.13. The third-order valence-electron chi connectivity index (χ3n) is 0.742. The molecule has 0 rings (SSSR count). The highest BCUT2D eigenvalue weighted by atomic mass is 79.9. The zero-order chi connectivity index (χ0) is 8.74. The molecule has 0 aliphatic rings. The van der Waals surface area contributed by atoms with Crippen LogP contribution in [0.5, 0.6) is 0 Å². The molecule has 11 heavy (non-hydrogen) atoms. The Morgan fingerprint density at radius 3 is 2.55 bits per heavy atom. The molecule has 0 N–H and O–H groups in total. The molecule has 0 amide bonds. The summed E-state index contributed by atoms with van der Waals surface area (Å²) in [6.07, 6.45) is 1.88. The molecule has 0 spiro atoms. The van der Waals surface area contributed by atoms with Gasteiger partial charge in [0.1, 0.15) is 0 Å². The maximum atomic E-state index is 4.06. The fourth-order valence-electron chi connectivity index (χ4n) is 0.319. The minimum atomic E-state index is -0.0678. The van der Waals surface area contributed by atoms with Gasteiger partial charge >= 0.3 is 0 Å². The molecule has 2 nitrogen and oxygen atoms in total. The summed E-state index contributed by atoms with van der Waals surface area (Å²) in [5.41, 5.74) is -0.0678. The lowest BCUT2D eigenvalue weighted by Gasteiger charge is -2.06. The highest BCUT2D eigenvalue weighted by molar-refractivity contribution is 9.11. The third kappa shape index (κ3) is 9.60. The van der Waals surface area contributed by atoms with Gasteiger partial charge in [-0.25, -0.2) is 9.98 Å². The van der Waals surface area contributed by atoms with Crippen molar-refractivity contribution in [3.63, 3.8) is 0 Å². The van der Waals surface area contributed by atoms with Gasteiger partial charge in [-0.3, -0.25) is 0 Å². The minimum Gasteiger partial charge on any atom is -0.221 e. The predicted molar refractivity (Wildman–Crippen MR) is 52.6 cm³/mol. The number of hydrogen-bond donors (Lipinski definition) is 0. The molecule has 0 unspecified atom stereocenters. The Balaban J connectivity index is 3.82. The quantitative estimate of drug-likeness (QED) is 0.635. The second-order valence-electron chi connectivity index (χ2n) is 3.09. The maximum absolute atomic E-state index is 4.06. The molecule has 0 aromatic carbocycles. The first kappa shape index (κ1) is 10.6. The summed E-state index contributed by atoms with van der Waals surface area (Å²) in [5, 5.41) is 0. The van der Waals surface area contributed by atoms with Gasteiger partial charge in [-0.05, 0) is 25.8 Å². The van der Waals surface area contributed by atoms with Gasteiger partial charge in [0.05, 0.1) is 18.1 Å². The first-order valence-corrected chi connectivity index (χ1v) is 4.36. The molecule has 0 atom stereocenters. The Bertz CT molecular complexity index is 183. The Morgan fingerprint density at radius 2 is 2.09 bits per heavy atom. The molecule has 0 fully saturated rings. The Kier molecular flexibility index (Phi) is 5.08. The van der Waals surface area contributed by atoms with Crippen LogP contribution < -0.4 is 0 Å². The van der Waals surface area contributed by atoms with Crippen LogP contribution in [0.2, 0.25) is 0 Å². The smallest absolute Gasteiger partial charge is 0.0901 e. The van der Waals surface area contributed by atoms with Gasteiger partial charge in [-0.2, -0.15) is 0 Å². The van der Waals surface area contributed by atoms with Crippen molar-refractivity contribution < 1.29 is 0 Å². The van der Waals surface area contributed by atoms with Crippen LogP contribution >= 0.6 is 15.9 Å². The highest BCUT2D eigenvalue weighted by Gasteiger charge is 2.03. The van der Waals surface area contributed by atoms with Crippen LogP contribution in [0.3, 0.4) is 0 Å². The second-order valence-corrected chi connectivity index (χ2v) is 3.61. The molecule has 0 saturated carbocycles. The van der Waals surface area contributed by atoms with Crippen molar-refractivity contribution >= 4 is 21.9 Å². The fourth-order valence-corrected chi connectivity index (χ4v) is 0.486. The van der Waals surface area contributed by atoms with E-state index in [1.807, 2.05) is 26.8 Å². The lowest BCUT2D eigenvalue weighted by atomic mass is 10.1. The number of rotatable bonds is 2. The van der Waals surface area contributed by atoms with E-state index in [2.05, 4.69) is 31.9 Å². The molecule has 62 valence electrons. The molecule has 0 radical (unpaired) electrons. The van der Waals surface area contributed by atoms with Gasteiger partial charge in [0.25, 0.3) is 0 Å². The Hall–Kier alpha value is -0.400. The van der Waals surface area contributed by atoms with E-state index in [-0.39, 0.29) is 5.54 Å². The number of nitrogens with zero attached hydrogens (tertiary/aromatic N) is 2. The van der Waals surface area contributed by atoms with Crippen LogP contribution in [-0.4, -0.2) is 18.1 Å². The van der Waals surface area contributed by atoms with E-state index in [0.29, 0.717) is 6.54 Å². The normalized spacial score (nSPS) is 11.3. The van der Waals surface area contributed by atoms with Crippen LogP contribution in [0.4, 0.5) is 0 Å². The second kappa shape index (κ2) is 5.28. The SMILES string of the molecule is CC(C)(C)N=C=NCC=CBr. The molecule has 0 aromatic rings. The van der Waals surface area contributed by atoms with Crippen molar-refractivity contribution in [3.8, 4) is 0 Å². The summed E-state index contributed by atoms with van der Waals surface area (Å²) in [6.45, 7) is 6.66. The fraction of sp³-hybridized carbons (Fsp3) is 0.625. The van der Waals surface area contributed by atoms with Crippen LogP contribution in [0.1, 0.15) is 20.8 Å². The molecule has 0 aromatic heterocycles. The molecule has 0 aliphatic heterocycles. The summed E-state index contributed by atoms with van der Waals surface area (Å²) in [7, 11) is 0. The van der Waals surface area contributed by atoms with Gasteiger partial charge < -0.3 is 0 Å². The molecular formula is C8H13BrN2. The molecule has 3 heteroatoms. The first-order valence-electron chi connectivity index (χ1n) is 3.45. The van der Waals surface area contributed by atoms with E-state index in [1.54, 1.807) is 4.99 Å². The topological polar surface area (TPSA) is 24.7 Å². The Labute approximate surface area is 76.3 Å². The predicted octanol–water partition coefficient (Wildman–Crippen LogP) is 2.87. The lowest BCUT2D eigenvalue weighted by Crippen LogP contribution is -2.08. The summed E-state index contributed by atoms with van der Waals surface area (Å²) in [5.74, 6) is 0. The van der Waals surface area contributed by atoms with Gasteiger partial charge in [-0.1, -0.05) is 22.0 Å². The largest absolute Gasteiger partial charge is 0.221 e. The first-order chi connectivity index (χ1) is 5.06. The monoisotopic (exact) mass is 216 g/mol. The Morgan fingerprint density at radius 1 is 1.45 bits per heavy atom. The van der Waals surface area contributed by atoms with Crippen LogP contribution in [-0.2, 0) is 0 Å². The van der Waals surface area contributed by atoms with Crippen molar-refractivity contribution in [2.45, 2.75) is 26.3 Å². The van der Waals surface area contributed by atoms with Crippen molar-refractivity contribution in [3.05, 3.63) is 11.1 Å². The van der Waals surface area contributed by atoms with Crippen LogP contribution in [0.15, 0.2) is 21.0 Å². The van der Waals surface area contributed by atoms with Gasteiger partial charge in [0, 0.05) is 0 Å². The van der Waals surface area contributed by atoms with E-state index in [4.69, 9.17) is 0 Å². The van der Waals surface area contributed by atoms with Crippen molar-refractivity contribution in [2.24, 2.45) is 9.98 Å². The summed E-state index contributed by atoms with van der Waals surface area (Å²) >= 11 is 3.14. The average molecular weight is 217 g/mol. The molecule has 0 saturated heterocycles. The van der Waals surface area contributed by atoms with Crippen LogP contribution in [0.25, 0.3) is 0 Å². The van der Waals surface area contributed by atoms with Crippen molar-refractivity contribution in [1.29, 1.82) is 0 Å². The van der Waals surface area contributed by atoms with Crippen molar-refractivity contribution in [2.75, 3.05) is 6.54 Å².